The van der Waals surface area contributed by atoms with Gasteiger partial charge in [-0.05, 0) is 46.9 Å². The van der Waals surface area contributed by atoms with Crippen molar-refractivity contribution in [3.63, 3.8) is 0 Å². The third kappa shape index (κ3) is 2.93. The Hall–Kier alpha value is -2.81. The van der Waals surface area contributed by atoms with E-state index in [0.29, 0.717) is 0 Å². The molecule has 110 valence electrons. The van der Waals surface area contributed by atoms with Crippen LogP contribution in [0.5, 0.6) is 5.75 Å². The monoisotopic (exact) mass is 292 g/mol. The van der Waals surface area contributed by atoms with Crippen LogP contribution in [-0.2, 0) is 12.8 Å². The molecule has 3 aromatic rings. The molecule has 0 radical (unpaired) electrons. The number of hydrogen-bond acceptors (Lipinski definition) is 2. The van der Waals surface area contributed by atoms with Crippen molar-refractivity contribution in [1.82, 2.24) is 0 Å². The predicted octanol–water partition coefficient (Wildman–Crippen LogP) is 4.03. The van der Waals surface area contributed by atoms with Crippen molar-refractivity contribution in [1.29, 1.82) is 0 Å². The first-order valence-electron chi connectivity index (χ1n) is 7.16. The summed E-state index contributed by atoms with van der Waals surface area (Å²) in [7, 11) is 0. The first-order valence-corrected chi connectivity index (χ1v) is 7.16. The van der Waals surface area contributed by atoms with Crippen LogP contribution in [-0.4, -0.2) is 16.2 Å². The third-order valence-electron chi connectivity index (χ3n) is 3.81. The van der Waals surface area contributed by atoms with Gasteiger partial charge in [0.25, 0.3) is 0 Å². The maximum Gasteiger partial charge on any atom is 0.339 e. The Morgan fingerprint density at radius 3 is 2.14 bits per heavy atom. The van der Waals surface area contributed by atoms with E-state index in [0.717, 1.165) is 18.4 Å². The molecule has 2 N–H and O–H groups in total. The van der Waals surface area contributed by atoms with Crippen molar-refractivity contribution in [3.8, 4) is 5.75 Å². The molecule has 0 aliphatic carbocycles. The molecule has 0 saturated heterocycles. The summed E-state index contributed by atoms with van der Waals surface area (Å²) in [5.74, 6) is -1.29. The molecule has 0 spiro atoms. The highest BCUT2D eigenvalue weighted by Gasteiger charge is 2.09. The van der Waals surface area contributed by atoms with Gasteiger partial charge < -0.3 is 10.2 Å². The molecule has 3 heteroatoms. The number of fused-ring (bicyclic) bond motifs is 1. The maximum atomic E-state index is 10.9. The Morgan fingerprint density at radius 2 is 1.45 bits per heavy atom. The number of aromatic hydroxyl groups is 1. The molecular formula is C19H16O3. The lowest BCUT2D eigenvalue weighted by Crippen LogP contribution is -1.98. The minimum absolute atomic E-state index is 0.0607. The molecule has 3 aromatic carbocycles. The van der Waals surface area contributed by atoms with Gasteiger partial charge in [-0.15, -0.1) is 0 Å². The van der Waals surface area contributed by atoms with Gasteiger partial charge in [0, 0.05) is 0 Å². The number of aromatic carboxylic acids is 1. The summed E-state index contributed by atoms with van der Waals surface area (Å²) in [6, 6.07) is 19.3. The fraction of sp³-hybridized carbons (Fsp3) is 0.105. The Balaban J connectivity index is 1.76. The van der Waals surface area contributed by atoms with E-state index in [2.05, 4.69) is 30.3 Å². The number of aryl methyl sites for hydroxylation is 2. The number of rotatable bonds is 4. The first-order chi connectivity index (χ1) is 10.6. The molecule has 0 aromatic heterocycles. The quantitative estimate of drug-likeness (QED) is 0.763. The number of benzene rings is 3. The average molecular weight is 292 g/mol. The third-order valence-corrected chi connectivity index (χ3v) is 3.81. The Labute approximate surface area is 128 Å². The molecule has 0 atom stereocenters. The second-order valence-electron chi connectivity index (χ2n) is 5.34. The SMILES string of the molecule is O=C(O)c1ccc(CCc2ccc3ccccc3c2)cc1O. The molecule has 0 heterocycles. The van der Waals surface area contributed by atoms with Crippen LogP contribution in [0, 0.1) is 0 Å². The second-order valence-corrected chi connectivity index (χ2v) is 5.34. The fourth-order valence-corrected chi connectivity index (χ4v) is 2.60. The maximum absolute atomic E-state index is 10.9. The van der Waals surface area contributed by atoms with Gasteiger partial charge >= 0.3 is 5.97 Å². The second kappa shape index (κ2) is 5.90. The molecule has 3 nitrogen and oxygen atoms in total. The topological polar surface area (TPSA) is 57.5 Å². The van der Waals surface area contributed by atoms with E-state index in [1.165, 1.54) is 28.5 Å². The molecule has 0 unspecified atom stereocenters. The lowest BCUT2D eigenvalue weighted by Gasteiger charge is -2.06. The number of carboxylic acid groups (broad SMARTS) is 1. The molecule has 22 heavy (non-hydrogen) atoms. The predicted molar refractivity (Wildman–Crippen MR) is 86.4 cm³/mol. The normalized spacial score (nSPS) is 10.7. The Kier molecular flexibility index (Phi) is 3.79. The summed E-state index contributed by atoms with van der Waals surface area (Å²) in [5, 5.41) is 21.1. The number of hydrogen-bond donors (Lipinski definition) is 2. The summed E-state index contributed by atoms with van der Waals surface area (Å²) in [6.45, 7) is 0. The molecule has 0 aliphatic heterocycles. The zero-order valence-corrected chi connectivity index (χ0v) is 12.0. The fourth-order valence-electron chi connectivity index (χ4n) is 2.60. The van der Waals surface area contributed by atoms with Crippen LogP contribution in [0.25, 0.3) is 10.8 Å². The summed E-state index contributed by atoms with van der Waals surface area (Å²) in [4.78, 5) is 10.9. The molecule has 0 amide bonds. The van der Waals surface area contributed by atoms with Crippen molar-refractivity contribution < 1.29 is 15.0 Å². The van der Waals surface area contributed by atoms with Gasteiger partial charge in [0.1, 0.15) is 11.3 Å². The van der Waals surface area contributed by atoms with Gasteiger partial charge in [0.05, 0.1) is 0 Å². The smallest absolute Gasteiger partial charge is 0.339 e. The first kappa shape index (κ1) is 14.1. The van der Waals surface area contributed by atoms with E-state index >= 15 is 0 Å². The van der Waals surface area contributed by atoms with Crippen LogP contribution in [0.2, 0.25) is 0 Å². The van der Waals surface area contributed by atoms with Gasteiger partial charge in [-0.2, -0.15) is 0 Å². The number of carboxylic acids is 1. The minimum Gasteiger partial charge on any atom is -0.507 e. The van der Waals surface area contributed by atoms with Crippen LogP contribution in [0.4, 0.5) is 0 Å². The summed E-state index contributed by atoms with van der Waals surface area (Å²) in [5.41, 5.74) is 2.09. The van der Waals surface area contributed by atoms with E-state index in [-0.39, 0.29) is 11.3 Å². The molecule has 0 fully saturated rings. The van der Waals surface area contributed by atoms with E-state index in [4.69, 9.17) is 5.11 Å². The molecular weight excluding hydrogens is 276 g/mol. The summed E-state index contributed by atoms with van der Waals surface area (Å²) < 4.78 is 0. The highest BCUT2D eigenvalue weighted by atomic mass is 16.4. The van der Waals surface area contributed by atoms with Crippen LogP contribution in [0.3, 0.4) is 0 Å². The van der Waals surface area contributed by atoms with Crippen LogP contribution in [0.1, 0.15) is 21.5 Å². The molecule has 0 bridgehead atoms. The van der Waals surface area contributed by atoms with E-state index in [1.807, 2.05) is 12.1 Å². The van der Waals surface area contributed by atoms with Gasteiger partial charge in [-0.3, -0.25) is 0 Å². The van der Waals surface area contributed by atoms with Gasteiger partial charge in [0.15, 0.2) is 0 Å². The van der Waals surface area contributed by atoms with E-state index in [1.54, 1.807) is 6.07 Å². The van der Waals surface area contributed by atoms with E-state index < -0.39 is 5.97 Å². The summed E-state index contributed by atoms with van der Waals surface area (Å²) in [6.07, 6.45) is 1.60. The van der Waals surface area contributed by atoms with Crippen molar-refractivity contribution >= 4 is 16.7 Å². The Morgan fingerprint density at radius 1 is 0.818 bits per heavy atom. The van der Waals surface area contributed by atoms with Crippen LogP contribution < -0.4 is 0 Å². The standard InChI is InChI=1S/C19H16O3/c20-18-12-14(8-10-17(18)19(21)22)6-5-13-7-9-15-3-1-2-4-16(15)11-13/h1-4,7-12,20H,5-6H2,(H,21,22). The highest BCUT2D eigenvalue weighted by molar-refractivity contribution is 5.90. The lowest BCUT2D eigenvalue weighted by atomic mass is 10.00. The van der Waals surface area contributed by atoms with Gasteiger partial charge in [-0.25, -0.2) is 4.79 Å². The number of phenols is 1. The molecule has 0 aliphatic rings. The van der Waals surface area contributed by atoms with E-state index in [9.17, 15) is 9.90 Å². The van der Waals surface area contributed by atoms with Crippen LogP contribution >= 0.6 is 0 Å². The zero-order valence-electron chi connectivity index (χ0n) is 12.0. The van der Waals surface area contributed by atoms with Crippen LogP contribution in [0.15, 0.2) is 60.7 Å². The molecule has 0 saturated carbocycles. The van der Waals surface area contributed by atoms with Crippen molar-refractivity contribution in [3.05, 3.63) is 77.4 Å². The van der Waals surface area contributed by atoms with Crippen molar-refractivity contribution in [2.24, 2.45) is 0 Å². The van der Waals surface area contributed by atoms with Crippen molar-refractivity contribution in [2.75, 3.05) is 0 Å². The highest BCUT2D eigenvalue weighted by Crippen LogP contribution is 2.21. The molecule has 3 rings (SSSR count). The Bertz CT molecular complexity index is 837. The minimum atomic E-state index is -1.11. The zero-order chi connectivity index (χ0) is 15.5. The van der Waals surface area contributed by atoms with Crippen molar-refractivity contribution in [2.45, 2.75) is 12.8 Å². The number of carbonyl (C=O) groups is 1. The largest absolute Gasteiger partial charge is 0.507 e. The van der Waals surface area contributed by atoms with Gasteiger partial charge in [0.2, 0.25) is 0 Å². The summed E-state index contributed by atoms with van der Waals surface area (Å²) >= 11 is 0. The lowest BCUT2D eigenvalue weighted by molar-refractivity contribution is 0.0693. The van der Waals surface area contributed by atoms with Gasteiger partial charge in [-0.1, -0.05) is 48.5 Å². The average Bonchev–Trinajstić information content (AvgIpc) is 2.52.